The fourth-order valence-electron chi connectivity index (χ4n) is 4.21. The number of nitrogens with zero attached hydrogens (tertiary/aromatic N) is 6. The molecule has 8 nitrogen and oxygen atoms in total. The van der Waals surface area contributed by atoms with Crippen molar-refractivity contribution in [3.63, 3.8) is 0 Å². The fourth-order valence-corrected chi connectivity index (χ4v) is 4.21. The van der Waals surface area contributed by atoms with Gasteiger partial charge in [-0.25, -0.2) is 18.3 Å². The molecule has 2 aromatic heterocycles. The van der Waals surface area contributed by atoms with E-state index in [1.165, 1.54) is 0 Å². The molecule has 2 atom stereocenters. The second-order valence-corrected chi connectivity index (χ2v) is 7.83. The molecule has 0 saturated heterocycles. The van der Waals surface area contributed by atoms with Gasteiger partial charge in [0.25, 0.3) is 11.6 Å². The zero-order chi connectivity index (χ0) is 21.1. The van der Waals surface area contributed by atoms with Crippen molar-refractivity contribution in [1.29, 1.82) is 0 Å². The molecule has 1 aliphatic rings. The first-order valence-electron chi connectivity index (χ1n) is 10.5. The van der Waals surface area contributed by atoms with Crippen LogP contribution in [0.25, 0.3) is 0 Å². The second kappa shape index (κ2) is 8.80. The van der Waals surface area contributed by atoms with Crippen molar-refractivity contribution >= 4 is 11.8 Å². The van der Waals surface area contributed by atoms with E-state index < -0.39 is 0 Å². The van der Waals surface area contributed by atoms with E-state index in [0.717, 1.165) is 32.4 Å². The van der Waals surface area contributed by atoms with E-state index >= 15 is 0 Å². The molecule has 1 fully saturated rings. The first kappa shape index (κ1) is 21.1. The first-order valence-corrected chi connectivity index (χ1v) is 10.5. The molecule has 2 aromatic rings. The Morgan fingerprint density at radius 3 is 1.72 bits per heavy atom. The van der Waals surface area contributed by atoms with Gasteiger partial charge in [0.2, 0.25) is 0 Å². The minimum Gasteiger partial charge on any atom is -0.853 e. The Labute approximate surface area is 172 Å². The summed E-state index contributed by atoms with van der Waals surface area (Å²) >= 11 is 0. The molecule has 29 heavy (non-hydrogen) atoms. The summed E-state index contributed by atoms with van der Waals surface area (Å²) < 4.78 is 7.44. The van der Waals surface area contributed by atoms with Crippen LogP contribution in [-0.2, 0) is 27.2 Å². The van der Waals surface area contributed by atoms with E-state index in [2.05, 4.69) is 16.9 Å². The zero-order valence-electron chi connectivity index (χ0n) is 18.1. The number of hydrogen-bond donors (Lipinski definition) is 0. The van der Waals surface area contributed by atoms with Crippen molar-refractivity contribution in [1.82, 2.24) is 9.13 Å². The van der Waals surface area contributed by atoms with Crippen molar-refractivity contribution in [2.24, 2.45) is 30.0 Å². The average Bonchev–Trinajstić information content (AvgIpc) is 3.26. The molecule has 0 aromatic carbocycles. The van der Waals surface area contributed by atoms with Crippen LogP contribution in [0.1, 0.15) is 51.7 Å². The normalized spacial score (nSPS) is 23.6. The van der Waals surface area contributed by atoms with Crippen molar-refractivity contribution in [2.75, 3.05) is 0 Å². The number of hydrogen-bond acceptors (Lipinski definition) is 4. The van der Waals surface area contributed by atoms with Gasteiger partial charge in [-0.15, -0.1) is 0 Å². The molecule has 0 amide bonds. The lowest BCUT2D eigenvalue weighted by Gasteiger charge is -2.33. The molecule has 0 N–H and O–H groups in total. The van der Waals surface area contributed by atoms with Gasteiger partial charge >= 0.3 is 0 Å². The summed E-state index contributed by atoms with van der Waals surface area (Å²) in [7, 11) is 3.72. The summed E-state index contributed by atoms with van der Waals surface area (Å²) in [5, 5.41) is 25.7. The van der Waals surface area contributed by atoms with Crippen LogP contribution in [0.3, 0.4) is 0 Å². The van der Waals surface area contributed by atoms with Gasteiger partial charge in [-0.2, -0.15) is 0 Å². The Morgan fingerprint density at radius 2 is 1.34 bits per heavy atom. The monoisotopic (exact) mass is 400 g/mol. The van der Waals surface area contributed by atoms with Gasteiger partial charge in [0.05, 0.1) is 51.1 Å². The molecule has 0 radical (unpaired) electrons. The Kier molecular flexibility index (Phi) is 6.39. The molecular weight excluding hydrogens is 368 g/mol. The van der Waals surface area contributed by atoms with Crippen LogP contribution in [-0.4, -0.2) is 33.0 Å². The molecular formula is C21H32N6O2. The van der Waals surface area contributed by atoms with Gasteiger partial charge in [0.15, 0.2) is 0 Å². The maximum Gasteiger partial charge on any atom is 0.291 e. The highest BCUT2D eigenvalue weighted by atomic mass is 16.3. The van der Waals surface area contributed by atoms with Crippen molar-refractivity contribution in [3.8, 4) is 0 Å². The summed E-state index contributed by atoms with van der Waals surface area (Å²) in [5.74, 6) is 0.816. The van der Waals surface area contributed by atoms with E-state index in [9.17, 15) is 10.2 Å². The largest absolute Gasteiger partial charge is 0.853 e. The molecule has 2 unspecified atom stereocenters. The summed E-state index contributed by atoms with van der Waals surface area (Å²) in [4.78, 5) is 9.08. The fraction of sp³-hybridized carbons (Fsp3) is 0.619. The van der Waals surface area contributed by atoms with E-state index in [1.807, 2.05) is 71.0 Å². The Hall–Kier alpha value is -2.64. The second-order valence-electron chi connectivity index (χ2n) is 7.83. The number of aliphatic imine (C=N–C) groups is 2. The lowest BCUT2D eigenvalue weighted by atomic mass is 9.82. The van der Waals surface area contributed by atoms with Crippen LogP contribution in [0.4, 0.5) is 0 Å². The quantitative estimate of drug-likeness (QED) is 0.370. The number of imidazole rings is 2. The summed E-state index contributed by atoms with van der Waals surface area (Å²) in [6.07, 6.45) is 10.1. The Bertz CT molecular complexity index is 838. The lowest BCUT2D eigenvalue weighted by Crippen LogP contribution is -2.43. The smallest absolute Gasteiger partial charge is 0.291 e. The predicted molar refractivity (Wildman–Crippen MR) is 106 cm³/mol. The third-order valence-electron chi connectivity index (χ3n) is 6.00. The maximum atomic E-state index is 12.9. The molecule has 8 heteroatoms. The highest BCUT2D eigenvalue weighted by Crippen LogP contribution is 2.29. The maximum absolute atomic E-state index is 12.9. The number of rotatable bonds is 6. The SMILES string of the molecule is CCn1cc[n+](C)c1C([O-])=NC1CCCC(N=C([O-])c2n(CC)cc[n+]2C)C1C. The average molecular weight is 401 g/mol. The van der Waals surface area contributed by atoms with E-state index in [1.54, 1.807) is 0 Å². The summed E-state index contributed by atoms with van der Waals surface area (Å²) in [5.41, 5.74) is 0. The number of aromatic nitrogens is 4. The van der Waals surface area contributed by atoms with Gasteiger partial charge < -0.3 is 10.2 Å². The summed E-state index contributed by atoms with van der Waals surface area (Å²) in [6.45, 7) is 7.51. The first-order chi connectivity index (χ1) is 13.9. The Balaban J connectivity index is 1.84. The molecule has 0 aliphatic heterocycles. The third-order valence-corrected chi connectivity index (χ3v) is 6.00. The van der Waals surface area contributed by atoms with Gasteiger partial charge in [0.1, 0.15) is 24.8 Å². The van der Waals surface area contributed by atoms with E-state index in [4.69, 9.17) is 0 Å². The van der Waals surface area contributed by atoms with Crippen LogP contribution >= 0.6 is 0 Å². The van der Waals surface area contributed by atoms with Crippen molar-refractivity contribution in [3.05, 3.63) is 36.4 Å². The molecule has 0 spiro atoms. The van der Waals surface area contributed by atoms with Gasteiger partial charge in [0, 0.05) is 5.92 Å². The highest BCUT2D eigenvalue weighted by molar-refractivity contribution is 5.86. The Morgan fingerprint density at radius 1 is 0.931 bits per heavy atom. The lowest BCUT2D eigenvalue weighted by molar-refractivity contribution is -0.674. The molecule has 158 valence electrons. The molecule has 1 saturated carbocycles. The van der Waals surface area contributed by atoms with Crippen molar-refractivity contribution in [2.45, 2.75) is 65.2 Å². The van der Waals surface area contributed by atoms with Gasteiger partial charge in [-0.05, 0) is 33.1 Å². The van der Waals surface area contributed by atoms with Gasteiger partial charge in [-0.3, -0.25) is 9.98 Å². The molecule has 0 bridgehead atoms. The molecule has 2 heterocycles. The highest BCUT2D eigenvalue weighted by Gasteiger charge is 2.30. The van der Waals surface area contributed by atoms with Crippen LogP contribution in [0, 0.1) is 5.92 Å². The zero-order valence-corrected chi connectivity index (χ0v) is 18.1. The summed E-state index contributed by atoms with van der Waals surface area (Å²) in [6, 6.07) is -0.241. The molecule has 1 aliphatic carbocycles. The van der Waals surface area contributed by atoms with Crippen LogP contribution < -0.4 is 19.3 Å². The van der Waals surface area contributed by atoms with E-state index in [-0.39, 0.29) is 29.8 Å². The van der Waals surface area contributed by atoms with Crippen molar-refractivity contribution < 1.29 is 19.3 Å². The molecule has 3 rings (SSSR count). The predicted octanol–water partition coefficient (Wildman–Crippen LogP) is -0.550. The van der Waals surface area contributed by atoms with Gasteiger partial charge in [-0.1, -0.05) is 6.92 Å². The van der Waals surface area contributed by atoms with Crippen LogP contribution in [0.15, 0.2) is 34.8 Å². The standard InChI is InChI=1S/C21H32N6O2/c1-6-26-13-11-24(4)20(26)18(28)22-16-9-8-10-17(15(16)3)23-19(29)21-25(5)12-14-27(21)7-2/h11-17H,6-10H2,1-5H3. The topological polar surface area (TPSA) is 88.5 Å². The minimum atomic E-state index is -0.200. The number of aryl methyl sites for hydroxylation is 4. The van der Waals surface area contributed by atoms with Crippen LogP contribution in [0.5, 0.6) is 0 Å². The third kappa shape index (κ3) is 4.21. The van der Waals surface area contributed by atoms with E-state index in [0.29, 0.717) is 11.6 Å². The minimum absolute atomic E-state index is 0.0438. The van der Waals surface area contributed by atoms with Crippen LogP contribution in [0.2, 0.25) is 0 Å².